The predicted molar refractivity (Wildman–Crippen MR) is 80.7 cm³/mol. The SMILES string of the molecule is CCC1(CN(C)Cc2ccccc2Br)CCNC1. The second kappa shape index (κ2) is 6.18. The molecule has 0 radical (unpaired) electrons. The Morgan fingerprint density at radius 1 is 1.39 bits per heavy atom. The van der Waals surface area contributed by atoms with Gasteiger partial charge in [0.25, 0.3) is 0 Å². The molecule has 0 aliphatic carbocycles. The van der Waals surface area contributed by atoms with E-state index in [0.29, 0.717) is 5.41 Å². The maximum absolute atomic E-state index is 3.63. The minimum atomic E-state index is 0.482. The molecule has 1 aliphatic rings. The highest BCUT2D eigenvalue weighted by Crippen LogP contribution is 2.30. The number of halogens is 1. The van der Waals surface area contributed by atoms with Gasteiger partial charge >= 0.3 is 0 Å². The summed E-state index contributed by atoms with van der Waals surface area (Å²) in [6.45, 7) is 6.86. The molecule has 0 spiro atoms. The molecule has 0 amide bonds. The van der Waals surface area contributed by atoms with E-state index in [-0.39, 0.29) is 0 Å². The van der Waals surface area contributed by atoms with E-state index in [9.17, 15) is 0 Å². The topological polar surface area (TPSA) is 15.3 Å². The van der Waals surface area contributed by atoms with E-state index in [1.165, 1.54) is 42.5 Å². The van der Waals surface area contributed by atoms with Crippen LogP contribution in [0, 0.1) is 5.41 Å². The summed E-state index contributed by atoms with van der Waals surface area (Å²) in [5.74, 6) is 0. The molecule has 0 saturated carbocycles. The van der Waals surface area contributed by atoms with E-state index >= 15 is 0 Å². The molecule has 2 nitrogen and oxygen atoms in total. The Bertz CT molecular complexity index is 386. The van der Waals surface area contributed by atoms with Crippen molar-refractivity contribution in [2.75, 3.05) is 26.7 Å². The van der Waals surface area contributed by atoms with Crippen molar-refractivity contribution in [1.82, 2.24) is 10.2 Å². The van der Waals surface area contributed by atoms with Crippen LogP contribution in [0.3, 0.4) is 0 Å². The molecule has 1 aromatic rings. The zero-order valence-corrected chi connectivity index (χ0v) is 13.0. The fourth-order valence-corrected chi connectivity index (χ4v) is 3.30. The van der Waals surface area contributed by atoms with Crippen molar-refractivity contribution in [2.45, 2.75) is 26.3 Å². The summed E-state index contributed by atoms with van der Waals surface area (Å²) >= 11 is 3.63. The van der Waals surface area contributed by atoms with Crippen molar-refractivity contribution in [3.05, 3.63) is 34.3 Å². The highest BCUT2D eigenvalue weighted by atomic mass is 79.9. The van der Waals surface area contributed by atoms with Gasteiger partial charge in [-0.25, -0.2) is 0 Å². The van der Waals surface area contributed by atoms with Gasteiger partial charge in [-0.2, -0.15) is 0 Å². The molecule has 1 fully saturated rings. The molecule has 0 bridgehead atoms. The van der Waals surface area contributed by atoms with Crippen molar-refractivity contribution >= 4 is 15.9 Å². The fourth-order valence-electron chi connectivity index (χ4n) is 2.89. The average molecular weight is 311 g/mol. The maximum Gasteiger partial charge on any atom is 0.0242 e. The van der Waals surface area contributed by atoms with E-state index in [2.05, 4.69) is 64.4 Å². The summed E-state index contributed by atoms with van der Waals surface area (Å²) in [7, 11) is 2.23. The third-order valence-electron chi connectivity index (χ3n) is 4.09. The van der Waals surface area contributed by atoms with Crippen LogP contribution in [-0.4, -0.2) is 31.6 Å². The lowest BCUT2D eigenvalue weighted by Crippen LogP contribution is -2.36. The summed E-state index contributed by atoms with van der Waals surface area (Å²) in [6.07, 6.45) is 2.57. The average Bonchev–Trinajstić information content (AvgIpc) is 2.81. The molecule has 0 aromatic heterocycles. The molecular weight excluding hydrogens is 288 g/mol. The van der Waals surface area contributed by atoms with Gasteiger partial charge in [-0.05, 0) is 43.5 Å². The van der Waals surface area contributed by atoms with E-state index < -0.39 is 0 Å². The standard InChI is InChI=1S/C15H23BrN2/c1-3-15(8-9-17-11-15)12-18(2)10-13-6-4-5-7-14(13)16/h4-7,17H,3,8-12H2,1-2H3. The number of nitrogens with one attached hydrogen (secondary N) is 1. The molecule has 2 rings (SSSR count). The molecule has 3 heteroatoms. The van der Waals surface area contributed by atoms with Crippen molar-refractivity contribution in [2.24, 2.45) is 5.41 Å². The normalized spacial score (nSPS) is 23.8. The first kappa shape index (κ1) is 14.0. The Balaban J connectivity index is 1.96. The van der Waals surface area contributed by atoms with Gasteiger partial charge in [-0.3, -0.25) is 0 Å². The summed E-state index contributed by atoms with van der Waals surface area (Å²) in [5, 5.41) is 3.51. The number of benzene rings is 1. The van der Waals surface area contributed by atoms with E-state index in [1.54, 1.807) is 0 Å². The zero-order valence-electron chi connectivity index (χ0n) is 11.4. The van der Waals surface area contributed by atoms with Crippen LogP contribution in [0.25, 0.3) is 0 Å². The Morgan fingerprint density at radius 2 is 2.17 bits per heavy atom. The lowest BCUT2D eigenvalue weighted by Gasteiger charge is -2.32. The Hall–Kier alpha value is -0.380. The Kier molecular flexibility index (Phi) is 4.82. The lowest BCUT2D eigenvalue weighted by molar-refractivity contribution is 0.179. The van der Waals surface area contributed by atoms with Gasteiger partial charge in [0.2, 0.25) is 0 Å². The molecule has 1 aliphatic heterocycles. The highest BCUT2D eigenvalue weighted by Gasteiger charge is 2.32. The summed E-state index contributed by atoms with van der Waals surface area (Å²) in [4.78, 5) is 2.45. The third kappa shape index (κ3) is 3.34. The van der Waals surface area contributed by atoms with Crippen molar-refractivity contribution in [3.63, 3.8) is 0 Å². The molecule has 100 valence electrons. The van der Waals surface area contributed by atoms with Gasteiger partial charge in [0.15, 0.2) is 0 Å². The third-order valence-corrected chi connectivity index (χ3v) is 4.86. The van der Waals surface area contributed by atoms with Gasteiger partial charge < -0.3 is 10.2 Å². The van der Waals surface area contributed by atoms with Crippen LogP contribution in [0.4, 0.5) is 0 Å². The number of hydrogen-bond donors (Lipinski definition) is 1. The van der Waals surface area contributed by atoms with Crippen molar-refractivity contribution in [1.29, 1.82) is 0 Å². The number of rotatable bonds is 5. The minimum Gasteiger partial charge on any atom is -0.316 e. The molecule has 1 N–H and O–H groups in total. The first-order chi connectivity index (χ1) is 8.65. The first-order valence-corrected chi connectivity index (χ1v) is 7.57. The van der Waals surface area contributed by atoms with Crippen LogP contribution in [0.2, 0.25) is 0 Å². The number of nitrogens with zero attached hydrogens (tertiary/aromatic N) is 1. The molecule has 18 heavy (non-hydrogen) atoms. The summed E-state index contributed by atoms with van der Waals surface area (Å²) in [5.41, 5.74) is 1.85. The van der Waals surface area contributed by atoms with Gasteiger partial charge in [0.1, 0.15) is 0 Å². The second-order valence-corrected chi connectivity index (χ2v) is 6.40. The molecule has 1 atom stereocenters. The fraction of sp³-hybridized carbons (Fsp3) is 0.600. The minimum absolute atomic E-state index is 0.482. The maximum atomic E-state index is 3.63. The molecule has 1 saturated heterocycles. The molecule has 1 unspecified atom stereocenters. The van der Waals surface area contributed by atoms with Crippen LogP contribution < -0.4 is 5.32 Å². The summed E-state index contributed by atoms with van der Waals surface area (Å²) < 4.78 is 1.21. The van der Waals surface area contributed by atoms with Gasteiger partial charge in [0, 0.05) is 24.1 Å². The van der Waals surface area contributed by atoms with Crippen LogP contribution >= 0.6 is 15.9 Å². The first-order valence-electron chi connectivity index (χ1n) is 6.78. The molecule has 1 heterocycles. The molecular formula is C15H23BrN2. The zero-order chi connectivity index (χ0) is 13.0. The Morgan fingerprint density at radius 3 is 2.78 bits per heavy atom. The summed E-state index contributed by atoms with van der Waals surface area (Å²) in [6, 6.07) is 8.50. The Labute approximate surface area is 119 Å². The van der Waals surface area contributed by atoms with Crippen LogP contribution in [-0.2, 0) is 6.54 Å². The smallest absolute Gasteiger partial charge is 0.0242 e. The van der Waals surface area contributed by atoms with Gasteiger partial charge in [-0.1, -0.05) is 41.1 Å². The quantitative estimate of drug-likeness (QED) is 0.898. The van der Waals surface area contributed by atoms with Gasteiger partial charge in [-0.15, -0.1) is 0 Å². The van der Waals surface area contributed by atoms with E-state index in [1.807, 2.05) is 0 Å². The van der Waals surface area contributed by atoms with Gasteiger partial charge in [0.05, 0.1) is 0 Å². The van der Waals surface area contributed by atoms with Crippen LogP contribution in [0.1, 0.15) is 25.3 Å². The lowest BCUT2D eigenvalue weighted by atomic mass is 9.84. The monoisotopic (exact) mass is 310 g/mol. The van der Waals surface area contributed by atoms with E-state index in [0.717, 1.165) is 6.54 Å². The highest BCUT2D eigenvalue weighted by molar-refractivity contribution is 9.10. The predicted octanol–water partition coefficient (Wildman–Crippen LogP) is 3.27. The molecule has 1 aromatic carbocycles. The van der Waals surface area contributed by atoms with E-state index in [4.69, 9.17) is 0 Å². The van der Waals surface area contributed by atoms with Crippen LogP contribution in [0.5, 0.6) is 0 Å². The second-order valence-electron chi connectivity index (χ2n) is 5.54. The van der Waals surface area contributed by atoms with Crippen LogP contribution in [0.15, 0.2) is 28.7 Å². The van der Waals surface area contributed by atoms with Crippen molar-refractivity contribution < 1.29 is 0 Å². The number of hydrogen-bond acceptors (Lipinski definition) is 2. The van der Waals surface area contributed by atoms with Crippen molar-refractivity contribution in [3.8, 4) is 0 Å². The largest absolute Gasteiger partial charge is 0.316 e.